The molecule has 2 aliphatic rings. The Labute approximate surface area is 192 Å². The van der Waals surface area contributed by atoms with E-state index in [-0.39, 0.29) is 12.0 Å². The molecule has 168 valence electrons. The summed E-state index contributed by atoms with van der Waals surface area (Å²) in [7, 11) is 0. The van der Waals surface area contributed by atoms with Crippen LogP contribution in [-0.4, -0.2) is 40.3 Å². The van der Waals surface area contributed by atoms with Crippen molar-refractivity contribution in [2.75, 3.05) is 13.1 Å². The van der Waals surface area contributed by atoms with Gasteiger partial charge in [0.25, 0.3) is 0 Å². The highest BCUT2D eigenvalue weighted by atomic mass is 16.5. The van der Waals surface area contributed by atoms with Gasteiger partial charge < -0.3 is 14.4 Å². The van der Waals surface area contributed by atoms with Crippen molar-refractivity contribution in [3.05, 3.63) is 58.7 Å². The zero-order chi connectivity index (χ0) is 23.1. The summed E-state index contributed by atoms with van der Waals surface area (Å²) >= 11 is 0. The topological polar surface area (TPSA) is 99.6 Å². The van der Waals surface area contributed by atoms with Gasteiger partial charge >= 0.3 is 5.97 Å². The largest absolute Gasteiger partial charge is 0.490 e. The molecule has 1 aliphatic heterocycles. The van der Waals surface area contributed by atoms with Crippen LogP contribution in [0.5, 0.6) is 5.75 Å². The molecule has 0 amide bonds. The second-order valence-corrected chi connectivity index (χ2v) is 9.05. The Morgan fingerprint density at radius 1 is 1.27 bits per heavy atom. The molecular weight excluding hydrogens is 418 g/mol. The van der Waals surface area contributed by atoms with Gasteiger partial charge in [-0.15, -0.1) is 0 Å². The van der Waals surface area contributed by atoms with Crippen LogP contribution >= 0.6 is 0 Å². The molecule has 0 saturated carbocycles. The Bertz CT molecular complexity index is 1270. The van der Waals surface area contributed by atoms with Crippen molar-refractivity contribution in [1.82, 2.24) is 10.1 Å². The quantitative estimate of drug-likeness (QED) is 0.607. The van der Waals surface area contributed by atoms with Crippen LogP contribution in [0.2, 0.25) is 0 Å². The van der Waals surface area contributed by atoms with Gasteiger partial charge in [0.05, 0.1) is 17.6 Å². The van der Waals surface area contributed by atoms with Gasteiger partial charge in [0, 0.05) is 36.3 Å². The number of aromatic nitrogens is 1. The number of likely N-dealkylation sites (tertiary alicyclic amines) is 1. The SMILES string of the molecule is CC(C)Oc1ccc(-c2onc3c2CCc2cc(CN4CC(C(=O)O)C4)ccc2-3)cc1C#N. The van der Waals surface area contributed by atoms with Crippen molar-refractivity contribution < 1.29 is 19.2 Å². The minimum Gasteiger partial charge on any atom is -0.490 e. The molecule has 33 heavy (non-hydrogen) atoms. The fourth-order valence-electron chi connectivity index (χ4n) is 4.65. The lowest BCUT2D eigenvalue weighted by Gasteiger charge is -2.36. The van der Waals surface area contributed by atoms with Crippen LogP contribution in [0.15, 0.2) is 40.9 Å². The molecule has 1 fully saturated rings. The number of benzene rings is 2. The average molecular weight is 444 g/mol. The van der Waals surface area contributed by atoms with Gasteiger partial charge in [0.1, 0.15) is 17.5 Å². The van der Waals surface area contributed by atoms with Crippen molar-refractivity contribution in [1.29, 1.82) is 5.26 Å². The van der Waals surface area contributed by atoms with E-state index < -0.39 is 5.97 Å². The Kier molecular flexibility index (Phi) is 5.39. The highest BCUT2D eigenvalue weighted by molar-refractivity contribution is 5.77. The minimum atomic E-state index is -0.713. The molecule has 1 aromatic heterocycles. The predicted octanol–water partition coefficient (Wildman–Crippen LogP) is 4.28. The van der Waals surface area contributed by atoms with Gasteiger partial charge in [0.15, 0.2) is 5.76 Å². The molecule has 0 spiro atoms. The fourth-order valence-corrected chi connectivity index (χ4v) is 4.65. The molecule has 0 unspecified atom stereocenters. The standard InChI is InChI=1S/C26H25N3O4/c1-15(2)32-23-8-5-18(10-19(23)11-27)25-22-7-4-17-9-16(3-6-21(17)24(22)28-33-25)12-29-13-20(14-29)26(30)31/h3,5-6,8-10,15,20H,4,7,12-14H2,1-2H3,(H,30,31). The van der Waals surface area contributed by atoms with Crippen LogP contribution in [-0.2, 0) is 24.2 Å². The number of nitrogens with zero attached hydrogens (tertiary/aromatic N) is 3. The molecule has 7 heteroatoms. The zero-order valence-electron chi connectivity index (χ0n) is 18.7. The van der Waals surface area contributed by atoms with E-state index in [0.29, 0.717) is 30.2 Å². The number of ether oxygens (including phenoxy) is 1. The van der Waals surface area contributed by atoms with Gasteiger partial charge in [-0.1, -0.05) is 23.4 Å². The molecule has 0 atom stereocenters. The number of hydrogen-bond acceptors (Lipinski definition) is 6. The summed E-state index contributed by atoms with van der Waals surface area (Å²) in [6.45, 7) is 5.84. The Balaban J connectivity index is 1.39. The predicted molar refractivity (Wildman–Crippen MR) is 122 cm³/mol. The van der Waals surface area contributed by atoms with Crippen molar-refractivity contribution >= 4 is 5.97 Å². The van der Waals surface area contributed by atoms with E-state index >= 15 is 0 Å². The van der Waals surface area contributed by atoms with E-state index in [0.717, 1.165) is 41.8 Å². The first-order valence-corrected chi connectivity index (χ1v) is 11.2. The summed E-state index contributed by atoms with van der Waals surface area (Å²) < 4.78 is 11.5. The number of hydrogen-bond donors (Lipinski definition) is 1. The number of nitriles is 1. The van der Waals surface area contributed by atoms with Crippen molar-refractivity contribution in [2.45, 2.75) is 39.3 Å². The molecule has 0 radical (unpaired) electrons. The smallest absolute Gasteiger partial charge is 0.309 e. The van der Waals surface area contributed by atoms with Crippen molar-refractivity contribution in [2.24, 2.45) is 5.92 Å². The average Bonchev–Trinajstić information content (AvgIpc) is 3.20. The van der Waals surface area contributed by atoms with E-state index in [1.807, 2.05) is 26.0 Å². The van der Waals surface area contributed by atoms with Crippen LogP contribution < -0.4 is 4.74 Å². The number of carboxylic acid groups (broad SMARTS) is 1. The molecular formula is C26H25N3O4. The van der Waals surface area contributed by atoms with E-state index in [1.54, 1.807) is 6.07 Å². The molecule has 0 bridgehead atoms. The molecule has 5 rings (SSSR count). The number of rotatable bonds is 6. The lowest BCUT2D eigenvalue weighted by atomic mass is 9.86. The summed E-state index contributed by atoms with van der Waals surface area (Å²) in [6, 6.07) is 14.1. The molecule has 1 N–H and O–H groups in total. The number of aliphatic carboxylic acids is 1. The molecule has 2 aromatic carbocycles. The zero-order valence-corrected chi connectivity index (χ0v) is 18.7. The van der Waals surface area contributed by atoms with Crippen molar-refractivity contribution in [3.63, 3.8) is 0 Å². The van der Waals surface area contributed by atoms with Gasteiger partial charge in [-0.3, -0.25) is 9.69 Å². The van der Waals surface area contributed by atoms with Crippen LogP contribution in [0.3, 0.4) is 0 Å². The van der Waals surface area contributed by atoms with E-state index in [4.69, 9.17) is 14.4 Å². The van der Waals surface area contributed by atoms with Crippen LogP contribution in [0.25, 0.3) is 22.6 Å². The lowest BCUT2D eigenvalue weighted by molar-refractivity contribution is -0.147. The molecule has 7 nitrogen and oxygen atoms in total. The summed E-state index contributed by atoms with van der Waals surface area (Å²) in [4.78, 5) is 13.2. The maximum atomic E-state index is 11.0. The Hall–Kier alpha value is -3.63. The lowest BCUT2D eigenvalue weighted by Crippen LogP contribution is -2.49. The number of carboxylic acids is 1. The molecule has 1 aliphatic carbocycles. The maximum Gasteiger partial charge on any atom is 0.309 e. The number of carbonyl (C=O) groups is 1. The van der Waals surface area contributed by atoms with E-state index in [2.05, 4.69) is 34.3 Å². The normalized spacial score (nSPS) is 15.5. The second-order valence-electron chi connectivity index (χ2n) is 9.05. The summed E-state index contributed by atoms with van der Waals surface area (Å²) in [5, 5.41) is 23.0. The van der Waals surface area contributed by atoms with Crippen LogP contribution in [0.1, 0.15) is 36.1 Å². The van der Waals surface area contributed by atoms with Crippen LogP contribution in [0.4, 0.5) is 0 Å². The summed E-state index contributed by atoms with van der Waals surface area (Å²) in [5.41, 5.74) is 6.70. The third kappa shape index (κ3) is 3.98. The molecule has 1 saturated heterocycles. The van der Waals surface area contributed by atoms with Gasteiger partial charge in [-0.05, 0) is 56.0 Å². The Morgan fingerprint density at radius 2 is 2.09 bits per heavy atom. The van der Waals surface area contributed by atoms with Gasteiger partial charge in [-0.2, -0.15) is 5.26 Å². The van der Waals surface area contributed by atoms with Crippen molar-refractivity contribution in [3.8, 4) is 34.4 Å². The highest BCUT2D eigenvalue weighted by Gasteiger charge is 2.32. The van der Waals surface area contributed by atoms with Gasteiger partial charge in [-0.25, -0.2) is 0 Å². The third-order valence-electron chi connectivity index (χ3n) is 6.29. The highest BCUT2D eigenvalue weighted by Crippen LogP contribution is 2.40. The third-order valence-corrected chi connectivity index (χ3v) is 6.29. The first kappa shape index (κ1) is 21.2. The summed E-state index contributed by atoms with van der Waals surface area (Å²) in [5.74, 6) is 0.313. The second kappa shape index (κ2) is 8.38. The monoisotopic (exact) mass is 443 g/mol. The maximum absolute atomic E-state index is 11.0. The first-order valence-electron chi connectivity index (χ1n) is 11.2. The van der Waals surface area contributed by atoms with E-state index in [1.165, 1.54) is 11.1 Å². The summed E-state index contributed by atoms with van der Waals surface area (Å²) in [6.07, 6.45) is 1.67. The molecule has 3 aromatic rings. The molecule has 2 heterocycles. The first-order chi connectivity index (χ1) is 15.9. The number of fused-ring (bicyclic) bond motifs is 3. The Morgan fingerprint density at radius 3 is 2.82 bits per heavy atom. The number of aryl methyl sites for hydroxylation is 1. The van der Waals surface area contributed by atoms with Gasteiger partial charge in [0.2, 0.25) is 0 Å². The van der Waals surface area contributed by atoms with E-state index in [9.17, 15) is 10.1 Å². The van der Waals surface area contributed by atoms with Crippen LogP contribution in [0, 0.1) is 17.2 Å². The fraction of sp³-hybridized carbons (Fsp3) is 0.346. The minimum absolute atomic E-state index is 0.0120.